The molecule has 0 aliphatic rings. The maximum Gasteiger partial charge on any atom is 0.189 e. The molecule has 90 valence electrons. The highest BCUT2D eigenvalue weighted by Gasteiger charge is 2.08. The van der Waals surface area contributed by atoms with E-state index in [1.807, 2.05) is 0 Å². The van der Waals surface area contributed by atoms with Gasteiger partial charge in [0.25, 0.3) is 0 Å². The Labute approximate surface area is 97.9 Å². The monoisotopic (exact) mass is 235 g/mol. The standard InChI is InChI=1S/C12H13NO4/c1-15-7-17-12-6-9-8(5-11(12)16-2)10(14)3-4-13-9/h3-6H,7H2,1-2H3,(H,13,14). The predicted octanol–water partition coefficient (Wildman–Crippen LogP) is 1.52. The second kappa shape index (κ2) is 4.88. The molecule has 1 heterocycles. The maximum atomic E-state index is 11.6. The number of pyridine rings is 1. The quantitative estimate of drug-likeness (QED) is 0.816. The molecule has 1 aromatic heterocycles. The van der Waals surface area contributed by atoms with E-state index in [2.05, 4.69) is 4.98 Å². The number of hydrogen-bond donors (Lipinski definition) is 1. The van der Waals surface area contributed by atoms with Gasteiger partial charge in [-0.25, -0.2) is 0 Å². The molecule has 0 spiro atoms. The second-order valence-electron chi connectivity index (χ2n) is 3.44. The first-order valence-corrected chi connectivity index (χ1v) is 5.07. The first-order valence-electron chi connectivity index (χ1n) is 5.07. The van der Waals surface area contributed by atoms with Crippen molar-refractivity contribution in [3.8, 4) is 11.5 Å². The molecule has 5 nitrogen and oxygen atoms in total. The van der Waals surface area contributed by atoms with E-state index in [0.29, 0.717) is 22.4 Å². The molecule has 0 aliphatic heterocycles. The first kappa shape index (κ1) is 11.5. The van der Waals surface area contributed by atoms with Crippen molar-refractivity contribution in [3.05, 3.63) is 34.6 Å². The zero-order valence-electron chi connectivity index (χ0n) is 9.65. The van der Waals surface area contributed by atoms with Crippen LogP contribution in [-0.4, -0.2) is 26.0 Å². The van der Waals surface area contributed by atoms with Crippen molar-refractivity contribution in [1.82, 2.24) is 4.98 Å². The number of nitrogens with one attached hydrogen (secondary N) is 1. The number of rotatable bonds is 4. The average molecular weight is 235 g/mol. The van der Waals surface area contributed by atoms with Crippen molar-refractivity contribution in [1.29, 1.82) is 0 Å². The van der Waals surface area contributed by atoms with Gasteiger partial charge >= 0.3 is 0 Å². The van der Waals surface area contributed by atoms with Gasteiger partial charge in [0.2, 0.25) is 0 Å². The van der Waals surface area contributed by atoms with Crippen LogP contribution in [0.2, 0.25) is 0 Å². The van der Waals surface area contributed by atoms with Crippen LogP contribution in [0, 0.1) is 0 Å². The fraction of sp³-hybridized carbons (Fsp3) is 0.250. The number of aromatic amines is 1. The Morgan fingerprint density at radius 2 is 2.06 bits per heavy atom. The van der Waals surface area contributed by atoms with E-state index in [1.54, 1.807) is 18.3 Å². The topological polar surface area (TPSA) is 60.5 Å². The third-order valence-corrected chi connectivity index (χ3v) is 2.38. The van der Waals surface area contributed by atoms with Gasteiger partial charge in [0, 0.05) is 30.8 Å². The Morgan fingerprint density at radius 1 is 1.24 bits per heavy atom. The lowest BCUT2D eigenvalue weighted by Crippen LogP contribution is -2.04. The molecule has 1 N–H and O–H groups in total. The molecule has 0 radical (unpaired) electrons. The molecular formula is C12H13NO4. The van der Waals surface area contributed by atoms with Crippen molar-refractivity contribution in [2.24, 2.45) is 0 Å². The number of fused-ring (bicyclic) bond motifs is 1. The van der Waals surface area contributed by atoms with Gasteiger partial charge in [0.1, 0.15) is 0 Å². The Hall–Kier alpha value is -2.01. The highest BCUT2D eigenvalue weighted by atomic mass is 16.7. The van der Waals surface area contributed by atoms with E-state index in [9.17, 15) is 4.79 Å². The molecule has 0 unspecified atom stereocenters. The van der Waals surface area contributed by atoms with Gasteiger partial charge in [-0.15, -0.1) is 0 Å². The lowest BCUT2D eigenvalue weighted by Gasteiger charge is -2.10. The molecule has 0 bridgehead atoms. The van der Waals surface area contributed by atoms with Gasteiger partial charge in [-0.1, -0.05) is 0 Å². The molecule has 2 rings (SSSR count). The third-order valence-electron chi connectivity index (χ3n) is 2.38. The van der Waals surface area contributed by atoms with Gasteiger partial charge in [-0.2, -0.15) is 0 Å². The number of hydrogen-bond acceptors (Lipinski definition) is 4. The number of benzene rings is 1. The van der Waals surface area contributed by atoms with Gasteiger partial charge < -0.3 is 19.2 Å². The lowest BCUT2D eigenvalue weighted by atomic mass is 10.2. The molecule has 17 heavy (non-hydrogen) atoms. The SMILES string of the molecule is COCOc1cc2[nH]ccc(=O)c2cc1OC. The second-order valence-corrected chi connectivity index (χ2v) is 3.44. The normalized spacial score (nSPS) is 10.5. The minimum atomic E-state index is -0.0599. The van der Waals surface area contributed by atoms with Crippen LogP contribution in [0.25, 0.3) is 10.9 Å². The molecule has 5 heteroatoms. The molecule has 0 saturated carbocycles. The van der Waals surface area contributed by atoms with E-state index >= 15 is 0 Å². The van der Waals surface area contributed by atoms with E-state index < -0.39 is 0 Å². The largest absolute Gasteiger partial charge is 0.493 e. The van der Waals surface area contributed by atoms with Crippen LogP contribution in [0.15, 0.2) is 29.2 Å². The summed E-state index contributed by atoms with van der Waals surface area (Å²) in [5.41, 5.74) is 0.639. The molecular weight excluding hydrogens is 222 g/mol. The van der Waals surface area contributed by atoms with Gasteiger partial charge in [-0.05, 0) is 6.07 Å². The smallest absolute Gasteiger partial charge is 0.189 e. The summed E-state index contributed by atoms with van der Waals surface area (Å²) >= 11 is 0. The Kier molecular flexibility index (Phi) is 3.30. The van der Waals surface area contributed by atoms with Gasteiger partial charge in [0.05, 0.1) is 12.6 Å². The van der Waals surface area contributed by atoms with Crippen molar-refractivity contribution >= 4 is 10.9 Å². The first-order chi connectivity index (χ1) is 8.26. The van der Waals surface area contributed by atoms with Crippen LogP contribution in [0.5, 0.6) is 11.5 Å². The highest BCUT2D eigenvalue weighted by molar-refractivity contribution is 5.82. The third kappa shape index (κ3) is 2.24. The molecule has 0 atom stereocenters. The molecule has 0 saturated heterocycles. The average Bonchev–Trinajstić information content (AvgIpc) is 2.36. The number of methoxy groups -OCH3 is 2. The zero-order valence-corrected chi connectivity index (χ0v) is 9.65. The van der Waals surface area contributed by atoms with Crippen LogP contribution < -0.4 is 14.9 Å². The minimum absolute atomic E-state index is 0.0599. The Morgan fingerprint density at radius 3 is 2.76 bits per heavy atom. The summed E-state index contributed by atoms with van der Waals surface area (Å²) in [5, 5.41) is 0.564. The van der Waals surface area contributed by atoms with E-state index in [-0.39, 0.29) is 12.2 Å². The van der Waals surface area contributed by atoms with Crippen LogP contribution in [0.1, 0.15) is 0 Å². The molecule has 2 aromatic rings. The molecule has 0 fully saturated rings. The highest BCUT2D eigenvalue weighted by Crippen LogP contribution is 2.30. The van der Waals surface area contributed by atoms with Crippen molar-refractivity contribution in [2.75, 3.05) is 21.0 Å². The minimum Gasteiger partial charge on any atom is -0.493 e. The van der Waals surface area contributed by atoms with Crippen molar-refractivity contribution < 1.29 is 14.2 Å². The fourth-order valence-corrected chi connectivity index (χ4v) is 1.57. The summed E-state index contributed by atoms with van der Waals surface area (Å²) in [6.45, 7) is 0.124. The predicted molar refractivity (Wildman–Crippen MR) is 63.6 cm³/mol. The fourth-order valence-electron chi connectivity index (χ4n) is 1.57. The number of aromatic nitrogens is 1. The van der Waals surface area contributed by atoms with Crippen molar-refractivity contribution in [2.45, 2.75) is 0 Å². The Bertz CT molecular complexity index is 576. The summed E-state index contributed by atoms with van der Waals surface area (Å²) < 4.78 is 15.4. The molecule has 0 aliphatic carbocycles. The maximum absolute atomic E-state index is 11.6. The summed E-state index contributed by atoms with van der Waals surface area (Å²) in [6, 6.07) is 4.84. The van der Waals surface area contributed by atoms with Crippen LogP contribution in [0.4, 0.5) is 0 Å². The van der Waals surface area contributed by atoms with Gasteiger partial charge in [0.15, 0.2) is 23.7 Å². The summed E-state index contributed by atoms with van der Waals surface area (Å²) in [7, 11) is 3.06. The Balaban J connectivity index is 2.56. The summed E-state index contributed by atoms with van der Waals surface area (Å²) in [4.78, 5) is 14.6. The van der Waals surface area contributed by atoms with Gasteiger partial charge in [-0.3, -0.25) is 4.79 Å². The van der Waals surface area contributed by atoms with Crippen LogP contribution >= 0.6 is 0 Å². The van der Waals surface area contributed by atoms with E-state index in [4.69, 9.17) is 14.2 Å². The van der Waals surface area contributed by atoms with Crippen molar-refractivity contribution in [3.63, 3.8) is 0 Å². The molecule has 0 amide bonds. The number of ether oxygens (including phenoxy) is 3. The van der Waals surface area contributed by atoms with E-state index in [1.165, 1.54) is 20.3 Å². The summed E-state index contributed by atoms with van der Waals surface area (Å²) in [5.74, 6) is 1.04. The van der Waals surface area contributed by atoms with Crippen LogP contribution in [0.3, 0.4) is 0 Å². The zero-order chi connectivity index (χ0) is 12.3. The lowest BCUT2D eigenvalue weighted by molar-refractivity contribution is 0.0493. The van der Waals surface area contributed by atoms with Crippen LogP contribution in [-0.2, 0) is 4.74 Å². The number of H-pyrrole nitrogens is 1. The molecule has 1 aromatic carbocycles. The van der Waals surface area contributed by atoms with E-state index in [0.717, 1.165) is 0 Å². The summed E-state index contributed by atoms with van der Waals surface area (Å²) in [6.07, 6.45) is 1.59.